The first-order valence-electron chi connectivity index (χ1n) is 8.52. The molecule has 0 N–H and O–H groups in total. The first kappa shape index (κ1) is 18.2. The molecule has 6 heteroatoms. The van der Waals surface area contributed by atoms with Gasteiger partial charge in [0.2, 0.25) is 0 Å². The molecule has 1 aliphatic carbocycles. The van der Waals surface area contributed by atoms with E-state index in [1.165, 1.54) is 6.07 Å². The number of ether oxygens (including phenoxy) is 2. The van der Waals surface area contributed by atoms with E-state index in [4.69, 9.17) is 4.74 Å². The molecule has 0 radical (unpaired) electrons. The van der Waals surface area contributed by atoms with Crippen molar-refractivity contribution >= 4 is 12.3 Å². The zero-order valence-corrected chi connectivity index (χ0v) is 14.7. The minimum atomic E-state index is -2.90. The van der Waals surface area contributed by atoms with Crippen LogP contribution in [-0.2, 0) is 0 Å². The first-order chi connectivity index (χ1) is 12.4. The third-order valence-electron chi connectivity index (χ3n) is 4.23. The third kappa shape index (κ3) is 4.71. The minimum Gasteiger partial charge on any atom is -0.489 e. The van der Waals surface area contributed by atoms with Crippen molar-refractivity contribution in [1.29, 1.82) is 0 Å². The lowest BCUT2D eigenvalue weighted by atomic mass is 10.2. The van der Waals surface area contributed by atoms with Crippen LogP contribution in [0, 0.1) is 19.8 Å². The van der Waals surface area contributed by atoms with E-state index in [0.717, 1.165) is 29.8 Å². The summed E-state index contributed by atoms with van der Waals surface area (Å²) in [6, 6.07) is 7.97. The van der Waals surface area contributed by atoms with E-state index in [0.29, 0.717) is 18.3 Å². The Labute approximate surface area is 150 Å². The van der Waals surface area contributed by atoms with Crippen molar-refractivity contribution < 1.29 is 18.3 Å². The predicted octanol–water partition coefficient (Wildman–Crippen LogP) is 4.48. The lowest BCUT2D eigenvalue weighted by Gasteiger charge is -2.13. The molecule has 0 atom stereocenters. The van der Waals surface area contributed by atoms with Gasteiger partial charge in [-0.2, -0.15) is 8.78 Å². The molecular weight excluding hydrogens is 340 g/mol. The van der Waals surface area contributed by atoms with Gasteiger partial charge in [0.1, 0.15) is 0 Å². The van der Waals surface area contributed by atoms with Gasteiger partial charge in [0.05, 0.1) is 6.61 Å². The highest BCUT2D eigenvalue weighted by molar-refractivity contribution is 5.64. The number of halogens is 2. The van der Waals surface area contributed by atoms with Crippen LogP contribution in [0.25, 0.3) is 12.3 Å². The van der Waals surface area contributed by atoms with Gasteiger partial charge in [0, 0.05) is 29.7 Å². The van der Waals surface area contributed by atoms with Gasteiger partial charge in [-0.15, -0.1) is 0 Å². The van der Waals surface area contributed by atoms with Crippen molar-refractivity contribution in [3.63, 3.8) is 0 Å². The molecule has 1 aromatic carbocycles. The topological polar surface area (TPSA) is 40.5 Å². The van der Waals surface area contributed by atoms with Crippen molar-refractivity contribution in [3.05, 3.63) is 57.5 Å². The van der Waals surface area contributed by atoms with Gasteiger partial charge in [-0.1, -0.05) is 6.07 Å². The quantitative estimate of drug-likeness (QED) is 0.730. The second-order valence-corrected chi connectivity index (χ2v) is 6.50. The van der Waals surface area contributed by atoms with Crippen LogP contribution in [-0.4, -0.2) is 17.8 Å². The zero-order chi connectivity index (χ0) is 18.7. The van der Waals surface area contributed by atoms with Gasteiger partial charge in [0.25, 0.3) is 0 Å². The number of benzene rings is 1. The zero-order valence-electron chi connectivity index (χ0n) is 14.7. The number of pyridine rings is 1. The molecule has 1 saturated carbocycles. The molecule has 0 spiro atoms. The highest BCUT2D eigenvalue weighted by atomic mass is 19.3. The van der Waals surface area contributed by atoms with E-state index in [9.17, 15) is 13.6 Å². The molecule has 1 heterocycles. The summed E-state index contributed by atoms with van der Waals surface area (Å²) in [6.45, 7) is 1.31. The average molecular weight is 361 g/mol. The average Bonchev–Trinajstić information content (AvgIpc) is 3.37. The summed E-state index contributed by atoms with van der Waals surface area (Å²) in [7, 11) is 0. The van der Waals surface area contributed by atoms with Crippen molar-refractivity contribution in [1.82, 2.24) is 4.57 Å². The van der Waals surface area contributed by atoms with Crippen LogP contribution in [0.4, 0.5) is 8.78 Å². The number of alkyl halides is 2. The normalized spacial score (nSPS) is 14.2. The maximum Gasteiger partial charge on any atom is 0.387 e. The highest BCUT2D eigenvalue weighted by Crippen LogP contribution is 2.34. The second kappa shape index (κ2) is 7.72. The van der Waals surface area contributed by atoms with Gasteiger partial charge < -0.3 is 14.0 Å². The van der Waals surface area contributed by atoms with Crippen molar-refractivity contribution in [2.75, 3.05) is 6.61 Å². The Hall–Kier alpha value is -2.63. The molecule has 0 saturated heterocycles. The van der Waals surface area contributed by atoms with Crippen LogP contribution >= 0.6 is 0 Å². The summed E-state index contributed by atoms with van der Waals surface area (Å²) >= 11 is 0. The predicted molar refractivity (Wildman–Crippen MR) is 96.7 cm³/mol. The smallest absolute Gasteiger partial charge is 0.387 e. The van der Waals surface area contributed by atoms with Gasteiger partial charge >= 0.3 is 6.61 Å². The molecule has 0 aliphatic heterocycles. The molecular formula is C20H21F2NO3. The molecule has 2 aromatic rings. The number of aryl methyl sites for hydroxylation is 2. The Balaban J connectivity index is 1.85. The Morgan fingerprint density at radius 2 is 1.85 bits per heavy atom. The van der Waals surface area contributed by atoms with Gasteiger partial charge in [0.15, 0.2) is 16.9 Å². The fourth-order valence-electron chi connectivity index (χ4n) is 2.69. The number of aromatic nitrogens is 1. The molecule has 1 aliphatic rings. The van der Waals surface area contributed by atoms with E-state index in [1.807, 2.05) is 30.7 Å². The number of hydrogen-bond donors (Lipinski definition) is 0. The Morgan fingerprint density at radius 1 is 1.15 bits per heavy atom. The SMILES string of the molecule is Cc1cc(=O)cc(C)n1C=Cc1ccc(OC(F)F)c(OCC2CC2)c1. The molecule has 1 fully saturated rings. The fraction of sp³-hybridized carbons (Fsp3) is 0.350. The number of hydrogen-bond acceptors (Lipinski definition) is 3. The highest BCUT2D eigenvalue weighted by Gasteiger charge is 2.23. The summed E-state index contributed by atoms with van der Waals surface area (Å²) in [5.41, 5.74) is 2.38. The van der Waals surface area contributed by atoms with Gasteiger partial charge in [-0.3, -0.25) is 4.79 Å². The van der Waals surface area contributed by atoms with Gasteiger partial charge in [-0.05, 0) is 56.4 Å². The van der Waals surface area contributed by atoms with Crippen LogP contribution in [0.2, 0.25) is 0 Å². The van der Waals surface area contributed by atoms with Gasteiger partial charge in [-0.25, -0.2) is 0 Å². The minimum absolute atomic E-state index is 0.0334. The molecule has 138 valence electrons. The molecule has 1 aromatic heterocycles. The summed E-state index contributed by atoms with van der Waals surface area (Å²) in [5, 5.41) is 0. The van der Waals surface area contributed by atoms with Crippen LogP contribution in [0.3, 0.4) is 0 Å². The molecule has 0 amide bonds. The van der Waals surface area contributed by atoms with Crippen LogP contribution in [0.1, 0.15) is 29.8 Å². The van der Waals surface area contributed by atoms with E-state index in [2.05, 4.69) is 4.74 Å². The Bertz CT molecular complexity index is 844. The van der Waals surface area contributed by atoms with Crippen LogP contribution in [0.5, 0.6) is 11.5 Å². The third-order valence-corrected chi connectivity index (χ3v) is 4.23. The van der Waals surface area contributed by atoms with E-state index >= 15 is 0 Å². The summed E-state index contributed by atoms with van der Waals surface area (Å²) in [4.78, 5) is 11.5. The fourth-order valence-corrected chi connectivity index (χ4v) is 2.69. The maximum atomic E-state index is 12.6. The maximum absolute atomic E-state index is 12.6. The molecule has 26 heavy (non-hydrogen) atoms. The van der Waals surface area contributed by atoms with E-state index < -0.39 is 6.61 Å². The second-order valence-electron chi connectivity index (χ2n) is 6.50. The summed E-state index contributed by atoms with van der Waals surface area (Å²) < 4.78 is 37.3. The van der Waals surface area contributed by atoms with Crippen LogP contribution < -0.4 is 14.9 Å². The standard InChI is InChI=1S/C20H21F2NO3/c1-13-9-17(24)10-14(2)23(13)8-7-15-5-6-18(26-20(21)22)19(11-15)25-12-16-3-4-16/h5-11,16,20H,3-4,12H2,1-2H3. The molecule has 3 rings (SSSR count). The van der Waals surface area contributed by atoms with E-state index in [1.54, 1.807) is 24.3 Å². The molecule has 0 bridgehead atoms. The van der Waals surface area contributed by atoms with Crippen molar-refractivity contribution in [2.45, 2.75) is 33.3 Å². The summed E-state index contributed by atoms with van der Waals surface area (Å²) in [6.07, 6.45) is 5.88. The van der Waals surface area contributed by atoms with E-state index in [-0.39, 0.29) is 11.2 Å². The lowest BCUT2D eigenvalue weighted by Crippen LogP contribution is -2.08. The van der Waals surface area contributed by atoms with Crippen molar-refractivity contribution in [2.24, 2.45) is 5.92 Å². The molecule has 4 nitrogen and oxygen atoms in total. The van der Waals surface area contributed by atoms with Crippen LogP contribution in [0.15, 0.2) is 35.1 Å². The molecule has 0 unspecified atom stereocenters. The first-order valence-corrected chi connectivity index (χ1v) is 8.52. The number of nitrogens with zero attached hydrogens (tertiary/aromatic N) is 1. The number of rotatable bonds is 7. The largest absolute Gasteiger partial charge is 0.489 e. The Kier molecular flexibility index (Phi) is 5.40. The summed E-state index contributed by atoms with van der Waals surface area (Å²) in [5.74, 6) is 0.848. The lowest BCUT2D eigenvalue weighted by molar-refractivity contribution is -0.0515. The van der Waals surface area contributed by atoms with Crippen molar-refractivity contribution in [3.8, 4) is 11.5 Å². The Morgan fingerprint density at radius 3 is 2.46 bits per heavy atom. The monoisotopic (exact) mass is 361 g/mol.